The molecule has 0 aliphatic heterocycles. The van der Waals surface area contributed by atoms with Gasteiger partial charge in [0.15, 0.2) is 0 Å². The summed E-state index contributed by atoms with van der Waals surface area (Å²) in [6.07, 6.45) is 0.987. The SMILES string of the molecule is CCc1ccc(NC(=O)c2cc3cc(C)ccc3nc2C)cc1. The lowest BCUT2D eigenvalue weighted by molar-refractivity contribution is 0.102. The Morgan fingerprint density at radius 2 is 1.78 bits per heavy atom. The Kier molecular flexibility index (Phi) is 4.11. The van der Waals surface area contributed by atoms with Crippen molar-refractivity contribution in [3.63, 3.8) is 0 Å². The van der Waals surface area contributed by atoms with Crippen molar-refractivity contribution in [2.45, 2.75) is 27.2 Å². The molecule has 3 rings (SSSR count). The first-order valence-corrected chi connectivity index (χ1v) is 7.85. The third kappa shape index (κ3) is 3.24. The minimum atomic E-state index is -0.123. The van der Waals surface area contributed by atoms with Gasteiger partial charge in [0.2, 0.25) is 0 Å². The summed E-state index contributed by atoms with van der Waals surface area (Å²) in [5, 5.41) is 3.94. The summed E-state index contributed by atoms with van der Waals surface area (Å²) in [6.45, 7) is 6.02. The van der Waals surface area contributed by atoms with Crippen molar-refractivity contribution in [3.05, 3.63) is 70.9 Å². The minimum absolute atomic E-state index is 0.123. The summed E-state index contributed by atoms with van der Waals surface area (Å²) >= 11 is 0. The predicted molar refractivity (Wildman–Crippen MR) is 95.0 cm³/mol. The molecule has 116 valence electrons. The molecular formula is C20H20N2O. The molecule has 0 saturated carbocycles. The van der Waals surface area contributed by atoms with Crippen molar-refractivity contribution in [1.82, 2.24) is 4.98 Å². The average Bonchev–Trinajstić information content (AvgIpc) is 2.55. The fourth-order valence-corrected chi connectivity index (χ4v) is 2.64. The topological polar surface area (TPSA) is 42.0 Å². The van der Waals surface area contributed by atoms with E-state index in [1.807, 2.05) is 56.3 Å². The van der Waals surface area contributed by atoms with Crippen LogP contribution in [0.2, 0.25) is 0 Å². The standard InChI is InChI=1S/C20H20N2O/c1-4-15-6-8-17(9-7-15)22-20(23)18-12-16-11-13(2)5-10-19(16)21-14(18)3/h5-12H,4H2,1-3H3,(H,22,23). The summed E-state index contributed by atoms with van der Waals surface area (Å²) < 4.78 is 0. The highest BCUT2D eigenvalue weighted by molar-refractivity contribution is 6.06. The number of carbonyl (C=O) groups is 1. The zero-order valence-corrected chi connectivity index (χ0v) is 13.7. The van der Waals surface area contributed by atoms with E-state index in [-0.39, 0.29) is 5.91 Å². The van der Waals surface area contributed by atoms with Gasteiger partial charge in [-0.3, -0.25) is 9.78 Å². The summed E-state index contributed by atoms with van der Waals surface area (Å²) in [4.78, 5) is 17.1. The van der Waals surface area contributed by atoms with Crippen molar-refractivity contribution >= 4 is 22.5 Å². The van der Waals surface area contributed by atoms with E-state index in [9.17, 15) is 4.79 Å². The van der Waals surface area contributed by atoms with E-state index >= 15 is 0 Å². The Morgan fingerprint density at radius 3 is 2.48 bits per heavy atom. The second-order valence-corrected chi connectivity index (χ2v) is 5.82. The van der Waals surface area contributed by atoms with Gasteiger partial charge >= 0.3 is 0 Å². The maximum atomic E-state index is 12.6. The summed E-state index contributed by atoms with van der Waals surface area (Å²) in [5.74, 6) is -0.123. The fourth-order valence-electron chi connectivity index (χ4n) is 2.64. The summed E-state index contributed by atoms with van der Waals surface area (Å²) in [5.41, 5.74) is 5.48. The maximum absolute atomic E-state index is 12.6. The molecule has 0 saturated heterocycles. The van der Waals surface area contributed by atoms with Gasteiger partial charge < -0.3 is 5.32 Å². The van der Waals surface area contributed by atoms with Crippen LogP contribution in [0.3, 0.4) is 0 Å². The third-order valence-corrected chi connectivity index (χ3v) is 4.03. The Morgan fingerprint density at radius 1 is 1.04 bits per heavy atom. The number of aromatic nitrogens is 1. The van der Waals surface area contributed by atoms with Gasteiger partial charge in [-0.1, -0.05) is 30.7 Å². The number of hydrogen-bond donors (Lipinski definition) is 1. The number of fused-ring (bicyclic) bond motifs is 1. The molecule has 3 aromatic rings. The quantitative estimate of drug-likeness (QED) is 0.764. The lowest BCUT2D eigenvalue weighted by atomic mass is 10.1. The van der Waals surface area contributed by atoms with E-state index in [0.29, 0.717) is 5.56 Å². The van der Waals surface area contributed by atoms with E-state index in [4.69, 9.17) is 0 Å². The number of rotatable bonds is 3. The minimum Gasteiger partial charge on any atom is -0.322 e. The molecule has 0 spiro atoms. The van der Waals surface area contributed by atoms with Gasteiger partial charge in [0.25, 0.3) is 5.91 Å². The first-order valence-electron chi connectivity index (χ1n) is 7.85. The van der Waals surface area contributed by atoms with Crippen molar-refractivity contribution < 1.29 is 4.79 Å². The largest absolute Gasteiger partial charge is 0.322 e. The molecule has 0 unspecified atom stereocenters. The number of nitrogens with one attached hydrogen (secondary N) is 1. The van der Waals surface area contributed by atoms with Crippen LogP contribution >= 0.6 is 0 Å². The van der Waals surface area contributed by atoms with E-state index in [0.717, 1.165) is 34.3 Å². The number of carbonyl (C=O) groups excluding carboxylic acids is 1. The van der Waals surface area contributed by atoms with E-state index in [1.165, 1.54) is 5.56 Å². The van der Waals surface area contributed by atoms with Crippen molar-refractivity contribution in [2.24, 2.45) is 0 Å². The van der Waals surface area contributed by atoms with Gasteiger partial charge in [-0.05, 0) is 56.2 Å². The van der Waals surface area contributed by atoms with Crippen LogP contribution in [0.15, 0.2) is 48.5 Å². The molecule has 0 atom stereocenters. The molecule has 1 amide bonds. The lowest BCUT2D eigenvalue weighted by Crippen LogP contribution is -2.14. The molecule has 1 heterocycles. The van der Waals surface area contributed by atoms with E-state index in [1.54, 1.807) is 0 Å². The number of benzene rings is 2. The molecular weight excluding hydrogens is 284 g/mol. The Bertz CT molecular complexity index is 867. The van der Waals surface area contributed by atoms with E-state index < -0.39 is 0 Å². The van der Waals surface area contributed by atoms with E-state index in [2.05, 4.69) is 23.3 Å². The van der Waals surface area contributed by atoms with Crippen molar-refractivity contribution in [3.8, 4) is 0 Å². The van der Waals surface area contributed by atoms with Crippen LogP contribution in [-0.2, 0) is 6.42 Å². The number of hydrogen-bond acceptors (Lipinski definition) is 2. The first kappa shape index (κ1) is 15.2. The van der Waals surface area contributed by atoms with Crippen LogP contribution in [0.5, 0.6) is 0 Å². The molecule has 0 aliphatic carbocycles. The van der Waals surface area contributed by atoms with Gasteiger partial charge in [0.05, 0.1) is 16.8 Å². The molecule has 1 N–H and O–H groups in total. The summed E-state index contributed by atoms with van der Waals surface area (Å²) in [6, 6.07) is 15.9. The number of nitrogens with zero attached hydrogens (tertiary/aromatic N) is 1. The fraction of sp³-hybridized carbons (Fsp3) is 0.200. The highest BCUT2D eigenvalue weighted by Gasteiger charge is 2.12. The molecule has 3 heteroatoms. The van der Waals surface area contributed by atoms with Crippen LogP contribution in [0, 0.1) is 13.8 Å². The van der Waals surface area contributed by atoms with Gasteiger partial charge in [-0.15, -0.1) is 0 Å². The lowest BCUT2D eigenvalue weighted by Gasteiger charge is -2.09. The number of pyridine rings is 1. The first-order chi connectivity index (χ1) is 11.1. The predicted octanol–water partition coefficient (Wildman–Crippen LogP) is 4.67. The van der Waals surface area contributed by atoms with Crippen LogP contribution in [0.1, 0.15) is 34.1 Å². The van der Waals surface area contributed by atoms with Crippen LogP contribution in [-0.4, -0.2) is 10.9 Å². The Labute approximate surface area is 136 Å². The number of amides is 1. The smallest absolute Gasteiger partial charge is 0.257 e. The summed E-state index contributed by atoms with van der Waals surface area (Å²) in [7, 11) is 0. The third-order valence-electron chi connectivity index (χ3n) is 4.03. The number of aryl methyl sites for hydroxylation is 3. The normalized spacial score (nSPS) is 10.7. The molecule has 3 nitrogen and oxygen atoms in total. The van der Waals surface area contributed by atoms with Gasteiger partial charge in [0, 0.05) is 11.1 Å². The maximum Gasteiger partial charge on any atom is 0.257 e. The van der Waals surface area contributed by atoms with Crippen LogP contribution in [0.4, 0.5) is 5.69 Å². The molecule has 0 fully saturated rings. The van der Waals surface area contributed by atoms with Crippen molar-refractivity contribution in [1.29, 1.82) is 0 Å². The molecule has 2 aromatic carbocycles. The van der Waals surface area contributed by atoms with Crippen LogP contribution < -0.4 is 5.32 Å². The molecule has 0 aliphatic rings. The highest BCUT2D eigenvalue weighted by Crippen LogP contribution is 2.19. The Hall–Kier alpha value is -2.68. The second kappa shape index (κ2) is 6.21. The monoisotopic (exact) mass is 304 g/mol. The average molecular weight is 304 g/mol. The van der Waals surface area contributed by atoms with Crippen molar-refractivity contribution in [2.75, 3.05) is 5.32 Å². The van der Waals surface area contributed by atoms with Gasteiger partial charge in [-0.2, -0.15) is 0 Å². The molecule has 1 aromatic heterocycles. The molecule has 0 radical (unpaired) electrons. The molecule has 23 heavy (non-hydrogen) atoms. The number of anilines is 1. The second-order valence-electron chi connectivity index (χ2n) is 5.82. The zero-order chi connectivity index (χ0) is 16.4. The van der Waals surface area contributed by atoms with Gasteiger partial charge in [-0.25, -0.2) is 0 Å². The van der Waals surface area contributed by atoms with Gasteiger partial charge in [0.1, 0.15) is 0 Å². The molecule has 0 bridgehead atoms. The van der Waals surface area contributed by atoms with Crippen LogP contribution in [0.25, 0.3) is 10.9 Å². The Balaban J connectivity index is 1.91. The highest BCUT2D eigenvalue weighted by atomic mass is 16.1. The zero-order valence-electron chi connectivity index (χ0n) is 13.7.